The molecule has 0 N–H and O–H groups in total. The Balaban J connectivity index is 3.10. The smallest absolute Gasteiger partial charge is 0.150 e. The molecule has 86 valence electrons. The van der Waals surface area contributed by atoms with Crippen molar-refractivity contribution in [1.82, 2.24) is 0 Å². The minimum absolute atomic E-state index is 0.481. The van der Waals surface area contributed by atoms with Crippen molar-refractivity contribution in [2.45, 2.75) is 19.8 Å². The highest BCUT2D eigenvalue weighted by Crippen LogP contribution is 2.30. The van der Waals surface area contributed by atoms with E-state index < -0.39 is 0 Å². The molecule has 0 amide bonds. The topological polar surface area (TPSA) is 26.3 Å². The van der Waals surface area contributed by atoms with Crippen LogP contribution in [-0.4, -0.2) is 12.9 Å². The van der Waals surface area contributed by atoms with E-state index >= 15 is 0 Å². The fourth-order valence-electron chi connectivity index (χ4n) is 1.41. The van der Waals surface area contributed by atoms with Crippen LogP contribution in [0.3, 0.4) is 0 Å². The molecule has 0 radical (unpaired) electrons. The molecule has 0 bridgehead atoms. The van der Waals surface area contributed by atoms with Crippen LogP contribution in [0.25, 0.3) is 0 Å². The Morgan fingerprint density at radius 3 is 2.81 bits per heavy atom. The number of hydrogen-bond acceptors (Lipinski definition) is 2. The molecule has 0 aliphatic rings. The van der Waals surface area contributed by atoms with E-state index in [0.29, 0.717) is 29.4 Å². The number of benzene rings is 1. The maximum Gasteiger partial charge on any atom is 0.150 e. The van der Waals surface area contributed by atoms with Gasteiger partial charge in [0.25, 0.3) is 0 Å². The lowest BCUT2D eigenvalue weighted by Crippen LogP contribution is -2.00. The van der Waals surface area contributed by atoms with E-state index in [-0.39, 0.29) is 0 Å². The standard InChI is InChI=1S/C13H15ClO2/c1-3-5-11-7-10(9-15)8-12(14)13(11)16-6-4-2/h3,7-9H,1,4-6H2,2H3. The molecule has 0 fully saturated rings. The average Bonchev–Trinajstić information content (AvgIpc) is 2.28. The minimum Gasteiger partial charge on any atom is -0.492 e. The normalized spacial score (nSPS) is 9.88. The number of aldehydes is 1. The lowest BCUT2D eigenvalue weighted by molar-refractivity contribution is 0.112. The van der Waals surface area contributed by atoms with Crippen molar-refractivity contribution in [1.29, 1.82) is 0 Å². The molecule has 0 atom stereocenters. The average molecular weight is 239 g/mol. The number of rotatable bonds is 6. The van der Waals surface area contributed by atoms with Crippen LogP contribution in [0.15, 0.2) is 24.8 Å². The Morgan fingerprint density at radius 2 is 2.25 bits per heavy atom. The number of allylic oxidation sites excluding steroid dienone is 1. The molecule has 1 aromatic rings. The van der Waals surface area contributed by atoms with Crippen LogP contribution in [-0.2, 0) is 6.42 Å². The van der Waals surface area contributed by atoms with Crippen molar-refractivity contribution >= 4 is 17.9 Å². The van der Waals surface area contributed by atoms with Gasteiger partial charge in [-0.2, -0.15) is 0 Å². The summed E-state index contributed by atoms with van der Waals surface area (Å²) in [5.74, 6) is 0.661. The molecule has 0 heterocycles. The molecule has 2 nitrogen and oxygen atoms in total. The first-order chi connectivity index (χ1) is 7.72. The van der Waals surface area contributed by atoms with E-state index in [1.165, 1.54) is 0 Å². The second-order valence-corrected chi connectivity index (χ2v) is 3.86. The van der Waals surface area contributed by atoms with Crippen LogP contribution in [0.4, 0.5) is 0 Å². The summed E-state index contributed by atoms with van der Waals surface area (Å²) in [4.78, 5) is 10.7. The zero-order valence-electron chi connectivity index (χ0n) is 9.33. The van der Waals surface area contributed by atoms with Gasteiger partial charge < -0.3 is 4.74 Å². The van der Waals surface area contributed by atoms with Crippen molar-refractivity contribution in [2.75, 3.05) is 6.61 Å². The molecule has 0 saturated carbocycles. The SMILES string of the molecule is C=CCc1cc(C=O)cc(Cl)c1OCCC. The van der Waals surface area contributed by atoms with Crippen LogP contribution in [0.1, 0.15) is 29.3 Å². The zero-order valence-corrected chi connectivity index (χ0v) is 10.1. The van der Waals surface area contributed by atoms with E-state index in [1.807, 2.05) is 6.92 Å². The molecular weight excluding hydrogens is 224 g/mol. The maximum absolute atomic E-state index is 10.7. The van der Waals surface area contributed by atoms with Crippen LogP contribution in [0, 0.1) is 0 Å². The van der Waals surface area contributed by atoms with E-state index in [9.17, 15) is 4.79 Å². The van der Waals surface area contributed by atoms with Gasteiger partial charge in [0.15, 0.2) is 0 Å². The molecule has 1 aromatic carbocycles. The highest BCUT2D eigenvalue weighted by molar-refractivity contribution is 6.32. The van der Waals surface area contributed by atoms with Crippen LogP contribution in [0.5, 0.6) is 5.75 Å². The molecule has 0 unspecified atom stereocenters. The molecule has 16 heavy (non-hydrogen) atoms. The third-order valence-electron chi connectivity index (χ3n) is 2.09. The lowest BCUT2D eigenvalue weighted by Gasteiger charge is -2.12. The predicted molar refractivity (Wildman–Crippen MR) is 66.5 cm³/mol. The van der Waals surface area contributed by atoms with Crippen LogP contribution < -0.4 is 4.74 Å². The largest absolute Gasteiger partial charge is 0.492 e. The first kappa shape index (κ1) is 12.8. The second kappa shape index (κ2) is 6.33. The summed E-state index contributed by atoms with van der Waals surface area (Å²) in [5.41, 5.74) is 1.46. The van der Waals surface area contributed by atoms with E-state index in [2.05, 4.69) is 6.58 Å². The van der Waals surface area contributed by atoms with Crippen molar-refractivity contribution in [3.63, 3.8) is 0 Å². The van der Waals surface area contributed by atoms with Gasteiger partial charge in [-0.25, -0.2) is 0 Å². The van der Waals surface area contributed by atoms with Crippen LogP contribution >= 0.6 is 11.6 Å². The minimum atomic E-state index is 0.481. The third kappa shape index (κ3) is 3.11. The molecule has 0 spiro atoms. The number of carbonyl (C=O) groups is 1. The summed E-state index contributed by atoms with van der Waals surface area (Å²) in [6.07, 6.45) is 4.10. The molecule has 0 aliphatic heterocycles. The summed E-state index contributed by atoms with van der Waals surface area (Å²) in [5, 5.41) is 0.481. The van der Waals surface area contributed by atoms with Gasteiger partial charge >= 0.3 is 0 Å². The Labute approximate surface area is 101 Å². The fraction of sp³-hybridized carbons (Fsp3) is 0.308. The van der Waals surface area contributed by atoms with Gasteiger partial charge in [-0.3, -0.25) is 4.79 Å². The highest BCUT2D eigenvalue weighted by Gasteiger charge is 2.09. The van der Waals surface area contributed by atoms with E-state index in [4.69, 9.17) is 16.3 Å². The molecular formula is C13H15ClO2. The number of halogens is 1. The molecule has 0 aromatic heterocycles. The predicted octanol–water partition coefficient (Wildman–Crippen LogP) is 3.67. The highest BCUT2D eigenvalue weighted by atomic mass is 35.5. The summed E-state index contributed by atoms with van der Waals surface area (Å²) in [6, 6.07) is 3.40. The Kier molecular flexibility index (Phi) is 5.06. The maximum atomic E-state index is 10.7. The van der Waals surface area contributed by atoms with E-state index in [1.54, 1.807) is 18.2 Å². The van der Waals surface area contributed by atoms with Gasteiger partial charge in [-0.05, 0) is 25.0 Å². The monoisotopic (exact) mass is 238 g/mol. The summed E-state index contributed by atoms with van der Waals surface area (Å²) in [7, 11) is 0. The van der Waals surface area contributed by atoms with Crippen LogP contribution in [0.2, 0.25) is 5.02 Å². The summed E-state index contributed by atoms with van der Waals surface area (Å²) in [6.45, 7) is 6.32. The van der Waals surface area contributed by atoms with Crippen molar-refractivity contribution in [2.24, 2.45) is 0 Å². The third-order valence-corrected chi connectivity index (χ3v) is 2.37. The first-order valence-corrected chi connectivity index (χ1v) is 5.62. The lowest BCUT2D eigenvalue weighted by atomic mass is 10.1. The second-order valence-electron chi connectivity index (χ2n) is 3.45. The van der Waals surface area contributed by atoms with Gasteiger partial charge in [0, 0.05) is 11.1 Å². The fourth-order valence-corrected chi connectivity index (χ4v) is 1.72. The van der Waals surface area contributed by atoms with Crippen molar-refractivity contribution in [3.05, 3.63) is 40.9 Å². The number of hydrogen-bond donors (Lipinski definition) is 0. The Hall–Kier alpha value is -1.28. The zero-order chi connectivity index (χ0) is 12.0. The Morgan fingerprint density at radius 1 is 1.50 bits per heavy atom. The number of ether oxygens (including phenoxy) is 1. The van der Waals surface area contributed by atoms with Gasteiger partial charge in [0.2, 0.25) is 0 Å². The molecule has 3 heteroatoms. The van der Waals surface area contributed by atoms with Crippen molar-refractivity contribution < 1.29 is 9.53 Å². The first-order valence-electron chi connectivity index (χ1n) is 5.24. The quantitative estimate of drug-likeness (QED) is 0.558. The van der Waals surface area contributed by atoms with Gasteiger partial charge in [0.05, 0.1) is 11.6 Å². The van der Waals surface area contributed by atoms with Gasteiger partial charge in [-0.1, -0.05) is 24.6 Å². The van der Waals surface area contributed by atoms with E-state index in [0.717, 1.165) is 18.3 Å². The van der Waals surface area contributed by atoms with Gasteiger partial charge in [0.1, 0.15) is 12.0 Å². The summed E-state index contributed by atoms with van der Waals surface area (Å²) < 4.78 is 5.57. The Bertz CT molecular complexity index is 386. The van der Waals surface area contributed by atoms with Gasteiger partial charge in [-0.15, -0.1) is 6.58 Å². The molecule has 1 rings (SSSR count). The molecule has 0 aliphatic carbocycles. The molecule has 0 saturated heterocycles. The number of carbonyl (C=O) groups excluding carboxylic acids is 1. The van der Waals surface area contributed by atoms with Crippen molar-refractivity contribution in [3.8, 4) is 5.75 Å². The summed E-state index contributed by atoms with van der Waals surface area (Å²) >= 11 is 6.07.